The lowest BCUT2D eigenvalue weighted by atomic mass is 9.91. The second kappa shape index (κ2) is 6.88. The van der Waals surface area contributed by atoms with E-state index in [-0.39, 0.29) is 0 Å². The Morgan fingerprint density at radius 3 is 1.48 bits per heavy atom. The lowest BCUT2D eigenvalue weighted by molar-refractivity contribution is 0.434. The molecule has 23 heavy (non-hydrogen) atoms. The predicted molar refractivity (Wildman–Crippen MR) is 101 cm³/mol. The third kappa shape index (κ3) is 3.50. The molecule has 0 saturated carbocycles. The number of fused-ring (bicyclic) bond motifs is 2. The van der Waals surface area contributed by atoms with Crippen LogP contribution in [0.1, 0.15) is 25.7 Å². The maximum absolute atomic E-state index is 3.76. The van der Waals surface area contributed by atoms with Crippen LogP contribution in [0.2, 0.25) is 0 Å². The summed E-state index contributed by atoms with van der Waals surface area (Å²) < 4.78 is 0. The quantitative estimate of drug-likeness (QED) is 0.827. The third-order valence-electron chi connectivity index (χ3n) is 5.02. The van der Waals surface area contributed by atoms with Crippen LogP contribution in [-0.4, -0.2) is 22.6 Å². The minimum atomic E-state index is 0.622. The Hall–Kier alpha value is -1.61. The molecule has 120 valence electrons. The van der Waals surface area contributed by atoms with Gasteiger partial charge in [0.15, 0.2) is 0 Å². The molecule has 2 saturated heterocycles. The second-order valence-corrected chi connectivity index (χ2v) is 8.08. The van der Waals surface area contributed by atoms with Crippen molar-refractivity contribution in [3.63, 3.8) is 0 Å². The van der Waals surface area contributed by atoms with Crippen LogP contribution in [0.4, 0.5) is 11.4 Å². The molecule has 2 nitrogen and oxygen atoms in total. The summed E-state index contributed by atoms with van der Waals surface area (Å²) in [5.41, 5.74) is 2.53. The maximum atomic E-state index is 3.76. The summed E-state index contributed by atoms with van der Waals surface area (Å²) in [7, 11) is 0. The largest absolute Gasteiger partial charge is 0.381 e. The van der Waals surface area contributed by atoms with E-state index in [2.05, 4.69) is 83.1 Å². The fourth-order valence-corrected chi connectivity index (χ4v) is 5.62. The van der Waals surface area contributed by atoms with Crippen molar-refractivity contribution in [1.29, 1.82) is 0 Å². The number of anilines is 2. The van der Waals surface area contributed by atoms with E-state index in [4.69, 9.17) is 0 Å². The SMILES string of the molecule is c1ccc(NC2CCC3SC2CCC3Nc2ccccc2)cc1. The van der Waals surface area contributed by atoms with Gasteiger partial charge in [-0.1, -0.05) is 36.4 Å². The van der Waals surface area contributed by atoms with Crippen LogP contribution in [-0.2, 0) is 0 Å². The van der Waals surface area contributed by atoms with Gasteiger partial charge in [-0.05, 0) is 49.9 Å². The van der Waals surface area contributed by atoms with Gasteiger partial charge in [-0.15, -0.1) is 0 Å². The van der Waals surface area contributed by atoms with E-state index in [1.807, 2.05) is 0 Å². The van der Waals surface area contributed by atoms with Crippen molar-refractivity contribution in [2.24, 2.45) is 0 Å². The Balaban J connectivity index is 1.37. The van der Waals surface area contributed by atoms with Gasteiger partial charge in [0.05, 0.1) is 0 Å². The smallest absolute Gasteiger partial charge is 0.0380 e. The maximum Gasteiger partial charge on any atom is 0.0380 e. The standard InChI is InChI=1S/C20H24N2S/c1-3-7-15(8-4-1)21-17-11-13-20-18(12-14-19(17)23-20)22-16-9-5-2-6-10-16/h1-10,17-22H,11-14H2. The summed E-state index contributed by atoms with van der Waals surface area (Å²) >= 11 is 2.20. The van der Waals surface area contributed by atoms with Crippen molar-refractivity contribution in [3.8, 4) is 0 Å². The van der Waals surface area contributed by atoms with E-state index >= 15 is 0 Å². The number of para-hydroxylation sites is 2. The van der Waals surface area contributed by atoms with E-state index in [1.54, 1.807) is 0 Å². The molecule has 2 heterocycles. The highest BCUT2D eigenvalue weighted by atomic mass is 32.2. The molecular weight excluding hydrogens is 300 g/mol. The Bertz CT molecular complexity index is 561. The lowest BCUT2D eigenvalue weighted by Crippen LogP contribution is -2.47. The fourth-order valence-electron chi connectivity index (χ4n) is 3.84. The zero-order chi connectivity index (χ0) is 15.5. The summed E-state index contributed by atoms with van der Waals surface area (Å²) in [5, 5.41) is 9.02. The van der Waals surface area contributed by atoms with Gasteiger partial charge >= 0.3 is 0 Å². The van der Waals surface area contributed by atoms with Crippen LogP contribution in [0.3, 0.4) is 0 Å². The molecule has 2 aromatic carbocycles. The summed E-state index contributed by atoms with van der Waals surface area (Å²) in [5.74, 6) is 0. The highest BCUT2D eigenvalue weighted by Gasteiger charge is 2.39. The van der Waals surface area contributed by atoms with E-state index < -0.39 is 0 Å². The average molecular weight is 324 g/mol. The van der Waals surface area contributed by atoms with E-state index in [0.29, 0.717) is 12.1 Å². The van der Waals surface area contributed by atoms with Crippen LogP contribution >= 0.6 is 11.8 Å². The fraction of sp³-hybridized carbons (Fsp3) is 0.400. The summed E-state index contributed by atoms with van der Waals surface area (Å²) in [6, 6.07) is 22.6. The van der Waals surface area contributed by atoms with Crippen molar-refractivity contribution < 1.29 is 0 Å². The van der Waals surface area contributed by atoms with E-state index in [1.165, 1.54) is 37.1 Å². The first-order valence-electron chi connectivity index (χ1n) is 8.67. The van der Waals surface area contributed by atoms with E-state index in [0.717, 1.165) is 10.5 Å². The molecule has 2 aliphatic rings. The number of nitrogens with one attached hydrogen (secondary N) is 2. The van der Waals surface area contributed by atoms with Crippen LogP contribution in [0.15, 0.2) is 60.7 Å². The van der Waals surface area contributed by atoms with Gasteiger partial charge in [0, 0.05) is 34.0 Å². The van der Waals surface area contributed by atoms with Crippen molar-refractivity contribution >= 4 is 23.1 Å². The minimum Gasteiger partial charge on any atom is -0.381 e. The number of rotatable bonds is 4. The highest BCUT2D eigenvalue weighted by molar-refractivity contribution is 8.00. The number of benzene rings is 2. The Labute approximate surface area is 143 Å². The van der Waals surface area contributed by atoms with Crippen molar-refractivity contribution in [3.05, 3.63) is 60.7 Å². The predicted octanol–water partition coefficient (Wildman–Crippen LogP) is 5.01. The van der Waals surface area contributed by atoms with Crippen molar-refractivity contribution in [2.45, 2.75) is 48.3 Å². The number of hydrogen-bond acceptors (Lipinski definition) is 3. The van der Waals surface area contributed by atoms with Gasteiger partial charge in [0.2, 0.25) is 0 Å². The van der Waals surface area contributed by atoms with Crippen molar-refractivity contribution in [2.75, 3.05) is 10.6 Å². The molecule has 2 aromatic rings. The summed E-state index contributed by atoms with van der Waals surface area (Å²) in [6.45, 7) is 0. The zero-order valence-electron chi connectivity index (χ0n) is 13.3. The molecular formula is C20H24N2S. The molecule has 4 rings (SSSR count). The van der Waals surface area contributed by atoms with Crippen LogP contribution in [0, 0.1) is 0 Å². The van der Waals surface area contributed by atoms with E-state index in [9.17, 15) is 0 Å². The molecule has 4 atom stereocenters. The van der Waals surface area contributed by atoms with Gasteiger partial charge in [-0.3, -0.25) is 0 Å². The average Bonchev–Trinajstić information content (AvgIpc) is 2.61. The molecule has 2 bridgehead atoms. The third-order valence-corrected chi connectivity index (χ3v) is 6.85. The first-order chi connectivity index (χ1) is 11.4. The van der Waals surface area contributed by atoms with Crippen molar-refractivity contribution in [1.82, 2.24) is 0 Å². The van der Waals surface area contributed by atoms with Crippen LogP contribution < -0.4 is 10.6 Å². The molecule has 4 unspecified atom stereocenters. The molecule has 0 radical (unpaired) electrons. The summed E-state index contributed by atoms with van der Waals surface area (Å²) in [6.07, 6.45) is 5.17. The normalized spacial score (nSPS) is 29.7. The Kier molecular flexibility index (Phi) is 4.47. The Morgan fingerprint density at radius 1 is 0.609 bits per heavy atom. The highest BCUT2D eigenvalue weighted by Crippen LogP contribution is 2.43. The van der Waals surface area contributed by atoms with Gasteiger partial charge < -0.3 is 10.6 Å². The van der Waals surface area contributed by atoms with Gasteiger partial charge in [-0.2, -0.15) is 11.8 Å². The van der Waals surface area contributed by atoms with Gasteiger partial charge in [0.1, 0.15) is 0 Å². The molecule has 0 amide bonds. The molecule has 2 fully saturated rings. The summed E-state index contributed by atoms with van der Waals surface area (Å²) in [4.78, 5) is 0. The van der Waals surface area contributed by atoms with Crippen LogP contribution in [0.5, 0.6) is 0 Å². The molecule has 0 aliphatic carbocycles. The van der Waals surface area contributed by atoms with Gasteiger partial charge in [0.25, 0.3) is 0 Å². The zero-order valence-corrected chi connectivity index (χ0v) is 14.1. The van der Waals surface area contributed by atoms with Gasteiger partial charge in [-0.25, -0.2) is 0 Å². The first kappa shape index (κ1) is 14.9. The lowest BCUT2D eigenvalue weighted by Gasteiger charge is -2.45. The molecule has 2 N–H and O–H groups in total. The molecule has 0 aromatic heterocycles. The number of hydrogen-bond donors (Lipinski definition) is 2. The topological polar surface area (TPSA) is 24.1 Å². The second-order valence-electron chi connectivity index (χ2n) is 6.60. The van der Waals surface area contributed by atoms with Crippen LogP contribution in [0.25, 0.3) is 0 Å². The molecule has 0 spiro atoms. The molecule has 3 heteroatoms. The molecule has 2 aliphatic heterocycles. The minimum absolute atomic E-state index is 0.622. The Morgan fingerprint density at radius 2 is 1.04 bits per heavy atom. The monoisotopic (exact) mass is 324 g/mol. The first-order valence-corrected chi connectivity index (χ1v) is 9.61. The number of thioether (sulfide) groups is 1.